The van der Waals surface area contributed by atoms with Gasteiger partial charge in [-0.05, 0) is 87.1 Å². The molecule has 0 aromatic heterocycles. The summed E-state index contributed by atoms with van der Waals surface area (Å²) >= 11 is 6.28. The molecule has 3 fully saturated rings. The van der Waals surface area contributed by atoms with Crippen LogP contribution in [0.1, 0.15) is 61.7 Å². The molecule has 39 heavy (non-hydrogen) atoms. The Morgan fingerprint density at radius 3 is 2.28 bits per heavy atom. The SMILES string of the molecule is O=C(Nc1ccc(F)c(F)c1)c1ccc(Cl)c(S(=O)(=O)C2CC3CC[C@@H](C2)C3(O)CCC(=O)C2CC(O)C2)c1. The largest absolute Gasteiger partial charge is 0.393 e. The van der Waals surface area contributed by atoms with E-state index in [1.54, 1.807) is 0 Å². The van der Waals surface area contributed by atoms with Crippen molar-refractivity contribution < 1.29 is 37.0 Å². The molecule has 210 valence electrons. The molecule has 2 bridgehead atoms. The fraction of sp³-hybridized carbons (Fsp3) is 0.500. The molecule has 0 spiro atoms. The first kappa shape index (κ1) is 28.1. The fourth-order valence-corrected chi connectivity index (χ4v) is 8.87. The first-order chi connectivity index (χ1) is 18.4. The zero-order chi connectivity index (χ0) is 28.1. The number of sulfone groups is 1. The van der Waals surface area contributed by atoms with Crippen LogP contribution in [0.15, 0.2) is 41.3 Å². The van der Waals surface area contributed by atoms with E-state index in [1.807, 2.05) is 0 Å². The van der Waals surface area contributed by atoms with Crippen LogP contribution in [0, 0.1) is 29.4 Å². The van der Waals surface area contributed by atoms with Gasteiger partial charge in [-0.1, -0.05) is 11.6 Å². The minimum Gasteiger partial charge on any atom is -0.393 e. The summed E-state index contributed by atoms with van der Waals surface area (Å²) in [5.41, 5.74) is -1.12. The number of amides is 1. The molecule has 7 nitrogen and oxygen atoms in total. The van der Waals surface area contributed by atoms with Crippen molar-refractivity contribution in [3.63, 3.8) is 0 Å². The van der Waals surface area contributed by atoms with Gasteiger partial charge in [0.15, 0.2) is 21.5 Å². The lowest BCUT2D eigenvalue weighted by Gasteiger charge is -2.43. The number of carbonyl (C=O) groups is 2. The molecular formula is C28H30ClF2NO6S. The Hall–Kier alpha value is -2.40. The van der Waals surface area contributed by atoms with Crippen LogP contribution in [0.25, 0.3) is 0 Å². The Balaban J connectivity index is 1.30. The summed E-state index contributed by atoms with van der Waals surface area (Å²) in [6.45, 7) is 0. The van der Waals surface area contributed by atoms with E-state index >= 15 is 0 Å². The van der Waals surface area contributed by atoms with Crippen LogP contribution in [0.3, 0.4) is 0 Å². The van der Waals surface area contributed by atoms with Gasteiger partial charge in [-0.25, -0.2) is 17.2 Å². The molecule has 1 amide bonds. The summed E-state index contributed by atoms with van der Waals surface area (Å²) in [5.74, 6) is -3.60. The van der Waals surface area contributed by atoms with Crippen molar-refractivity contribution in [3.05, 3.63) is 58.6 Å². The van der Waals surface area contributed by atoms with E-state index in [-0.39, 0.29) is 70.4 Å². The monoisotopic (exact) mass is 581 g/mol. The molecule has 3 N–H and O–H groups in total. The average molecular weight is 582 g/mol. The normalized spacial score (nSPS) is 30.0. The predicted molar refractivity (Wildman–Crippen MR) is 140 cm³/mol. The summed E-state index contributed by atoms with van der Waals surface area (Å²) in [6.07, 6.45) is 2.73. The highest BCUT2D eigenvalue weighted by Crippen LogP contribution is 2.54. The number of nitrogens with one attached hydrogen (secondary N) is 1. The van der Waals surface area contributed by atoms with Gasteiger partial charge in [-0.2, -0.15) is 0 Å². The van der Waals surface area contributed by atoms with Crippen LogP contribution in [-0.2, 0) is 14.6 Å². The molecule has 11 heteroatoms. The molecule has 4 atom stereocenters. The highest BCUT2D eigenvalue weighted by molar-refractivity contribution is 7.92. The molecule has 0 saturated heterocycles. The molecule has 3 aliphatic carbocycles. The van der Waals surface area contributed by atoms with Crippen molar-refractivity contribution in [3.8, 4) is 0 Å². The Kier molecular flexibility index (Phi) is 7.60. The highest BCUT2D eigenvalue weighted by atomic mass is 35.5. The first-order valence-corrected chi connectivity index (χ1v) is 15.0. The Morgan fingerprint density at radius 2 is 1.67 bits per heavy atom. The third-order valence-corrected chi connectivity index (χ3v) is 11.5. The maximum Gasteiger partial charge on any atom is 0.255 e. The van der Waals surface area contributed by atoms with E-state index in [1.165, 1.54) is 24.3 Å². The topological polar surface area (TPSA) is 121 Å². The van der Waals surface area contributed by atoms with Crippen LogP contribution in [0.4, 0.5) is 14.5 Å². The molecule has 0 aliphatic heterocycles. The Labute approximate surface area is 230 Å². The number of rotatable bonds is 8. The number of carbonyl (C=O) groups excluding carboxylic acids is 2. The number of Topliss-reactive ketones (excluding diaryl/α,β-unsaturated/α-hetero) is 1. The summed E-state index contributed by atoms with van der Waals surface area (Å²) in [7, 11) is -3.98. The van der Waals surface area contributed by atoms with E-state index in [0.717, 1.165) is 12.1 Å². The van der Waals surface area contributed by atoms with Crippen LogP contribution in [0.5, 0.6) is 0 Å². The second kappa shape index (κ2) is 10.5. The Bertz CT molecular complexity index is 1400. The second-order valence-electron chi connectivity index (χ2n) is 11.1. The van der Waals surface area contributed by atoms with Gasteiger partial charge in [0.05, 0.1) is 26.9 Å². The van der Waals surface area contributed by atoms with Gasteiger partial charge in [-0.15, -0.1) is 0 Å². The van der Waals surface area contributed by atoms with Crippen LogP contribution in [-0.4, -0.2) is 47.3 Å². The zero-order valence-electron chi connectivity index (χ0n) is 21.1. The molecule has 2 aromatic rings. The number of hydrogen-bond donors (Lipinski definition) is 3. The number of halogens is 3. The first-order valence-electron chi connectivity index (χ1n) is 13.1. The maximum absolute atomic E-state index is 13.7. The van der Waals surface area contributed by atoms with Gasteiger partial charge >= 0.3 is 0 Å². The number of aliphatic hydroxyl groups is 2. The molecule has 5 rings (SSSR count). The fourth-order valence-electron chi connectivity index (χ4n) is 6.47. The van der Waals surface area contributed by atoms with Gasteiger partial charge in [-0.3, -0.25) is 9.59 Å². The van der Waals surface area contributed by atoms with E-state index < -0.39 is 44.3 Å². The maximum atomic E-state index is 13.7. The molecular weight excluding hydrogens is 552 g/mol. The molecule has 3 aliphatic rings. The molecule has 3 saturated carbocycles. The summed E-state index contributed by atoms with van der Waals surface area (Å²) in [5, 5.41) is 22.6. The summed E-state index contributed by atoms with van der Waals surface area (Å²) in [4.78, 5) is 25.0. The third-order valence-electron chi connectivity index (χ3n) is 8.83. The average Bonchev–Trinajstić information content (AvgIpc) is 3.03. The smallest absolute Gasteiger partial charge is 0.255 e. The summed E-state index contributed by atoms with van der Waals surface area (Å²) < 4.78 is 54.2. The van der Waals surface area contributed by atoms with Gasteiger partial charge in [0.1, 0.15) is 5.78 Å². The van der Waals surface area contributed by atoms with Crippen LogP contribution >= 0.6 is 11.6 Å². The zero-order valence-corrected chi connectivity index (χ0v) is 22.6. The molecule has 0 radical (unpaired) electrons. The van der Waals surface area contributed by atoms with E-state index in [0.29, 0.717) is 25.7 Å². The van der Waals surface area contributed by atoms with Gasteiger partial charge in [0.2, 0.25) is 0 Å². The van der Waals surface area contributed by atoms with E-state index in [9.17, 15) is 37.0 Å². The van der Waals surface area contributed by atoms with Crippen molar-refractivity contribution >= 4 is 38.8 Å². The number of hydrogen-bond acceptors (Lipinski definition) is 6. The lowest BCUT2D eigenvalue weighted by molar-refractivity contribution is -0.132. The molecule has 3 unspecified atom stereocenters. The minimum absolute atomic E-state index is 0.00775. The van der Waals surface area contributed by atoms with Crippen molar-refractivity contribution in [1.29, 1.82) is 0 Å². The summed E-state index contributed by atoms with van der Waals surface area (Å²) in [6, 6.07) is 6.72. The van der Waals surface area contributed by atoms with Crippen molar-refractivity contribution in [2.75, 3.05) is 5.32 Å². The quantitative estimate of drug-likeness (QED) is 0.416. The highest BCUT2D eigenvalue weighted by Gasteiger charge is 2.55. The second-order valence-corrected chi connectivity index (χ2v) is 13.7. The number of fused-ring (bicyclic) bond motifs is 2. The van der Waals surface area contributed by atoms with Gasteiger partial charge < -0.3 is 15.5 Å². The van der Waals surface area contributed by atoms with Crippen molar-refractivity contribution in [2.45, 2.75) is 73.2 Å². The number of ketones is 1. The van der Waals surface area contributed by atoms with Crippen LogP contribution < -0.4 is 5.32 Å². The van der Waals surface area contributed by atoms with Crippen molar-refractivity contribution in [1.82, 2.24) is 0 Å². The lowest BCUT2D eigenvalue weighted by atomic mass is 9.70. The van der Waals surface area contributed by atoms with Crippen molar-refractivity contribution in [2.24, 2.45) is 17.8 Å². The predicted octanol–water partition coefficient (Wildman–Crippen LogP) is 4.68. The lowest BCUT2D eigenvalue weighted by Crippen LogP contribution is -2.48. The number of anilines is 1. The standard InChI is InChI=1S/C28H30ClF2NO6S/c29-22-5-1-15(27(35)32-19-4-6-23(30)24(31)14-19)11-26(22)39(37,38)21-12-17-2-3-18(13-21)28(17,36)8-7-25(34)16-9-20(33)10-16/h1,4-6,11,14,16-18,20-21,33,36H,2-3,7-10,12-13H2,(H,32,35)/t16?,17-,18?,20?,21?,28?/m0/s1. The number of benzene rings is 2. The van der Waals surface area contributed by atoms with E-state index in [2.05, 4.69) is 5.32 Å². The molecule has 2 aromatic carbocycles. The number of aliphatic hydroxyl groups excluding tert-OH is 1. The molecule has 0 heterocycles. The minimum atomic E-state index is -3.98. The van der Waals surface area contributed by atoms with Gasteiger partial charge in [0.25, 0.3) is 5.91 Å². The van der Waals surface area contributed by atoms with E-state index in [4.69, 9.17) is 11.6 Å². The van der Waals surface area contributed by atoms with Crippen LogP contribution in [0.2, 0.25) is 5.02 Å². The van der Waals surface area contributed by atoms with Gasteiger partial charge in [0, 0.05) is 29.7 Å². The Morgan fingerprint density at radius 1 is 1.00 bits per heavy atom. The third kappa shape index (κ3) is 5.36.